The first-order valence-electron chi connectivity index (χ1n) is 11.7. The molecule has 3 N–H and O–H groups in total. The number of nitrogens with one attached hydrogen (secondary N) is 2. The van der Waals surface area contributed by atoms with Crippen molar-refractivity contribution >= 4 is 23.7 Å². The Morgan fingerprint density at radius 2 is 1.54 bits per heavy atom. The number of carbonyl (C=O) groups is 3. The van der Waals surface area contributed by atoms with Gasteiger partial charge in [0.05, 0.1) is 0 Å². The Hall–Kier alpha value is -4.13. The summed E-state index contributed by atoms with van der Waals surface area (Å²) < 4.78 is 5.61. The molecule has 4 rings (SSSR count). The Balaban J connectivity index is 1.36. The van der Waals surface area contributed by atoms with E-state index >= 15 is 0 Å². The molecule has 180 valence electrons. The summed E-state index contributed by atoms with van der Waals surface area (Å²) in [7, 11) is 0. The van der Waals surface area contributed by atoms with Crippen LogP contribution >= 0.6 is 0 Å². The van der Waals surface area contributed by atoms with Crippen molar-refractivity contribution in [2.24, 2.45) is 0 Å². The lowest BCUT2D eigenvalue weighted by Gasteiger charge is -2.16. The molecule has 7 nitrogen and oxygen atoms in total. The van der Waals surface area contributed by atoms with Gasteiger partial charge in [0.25, 0.3) is 5.91 Å². The molecule has 35 heavy (non-hydrogen) atoms. The maximum absolute atomic E-state index is 12.6. The molecule has 0 atom stereocenters. The largest absolute Gasteiger partial charge is 0.481 e. The molecule has 0 bridgehead atoms. The first-order chi connectivity index (χ1) is 17.0. The highest BCUT2D eigenvalue weighted by Gasteiger charge is 2.29. The van der Waals surface area contributed by atoms with Gasteiger partial charge in [0.15, 0.2) is 0 Å². The van der Waals surface area contributed by atoms with Gasteiger partial charge in [-0.15, -0.1) is 0 Å². The van der Waals surface area contributed by atoms with Gasteiger partial charge < -0.3 is 15.2 Å². The summed E-state index contributed by atoms with van der Waals surface area (Å²) in [5.41, 5.74) is 6.17. The fourth-order valence-electron chi connectivity index (χ4n) is 4.46. The molecule has 3 aromatic rings. The molecular weight excluding hydrogens is 444 g/mol. The van der Waals surface area contributed by atoms with E-state index in [1.54, 1.807) is 25.1 Å². The van der Waals surface area contributed by atoms with E-state index in [9.17, 15) is 14.4 Å². The van der Waals surface area contributed by atoms with Gasteiger partial charge in [0.2, 0.25) is 0 Å². The Bertz CT molecular complexity index is 1210. The van der Waals surface area contributed by atoms with E-state index in [-0.39, 0.29) is 24.9 Å². The van der Waals surface area contributed by atoms with Crippen molar-refractivity contribution in [3.8, 4) is 11.1 Å². The predicted octanol–water partition coefficient (Wildman–Crippen LogP) is 5.34. The molecular formula is C28H28N2O5. The Kier molecular flexibility index (Phi) is 7.45. The van der Waals surface area contributed by atoms with E-state index in [1.807, 2.05) is 24.3 Å². The third-order valence-electron chi connectivity index (χ3n) is 6.26. The number of carbonyl (C=O) groups excluding carboxylic acids is 2. The number of hydrogen-bond donors (Lipinski definition) is 3. The van der Waals surface area contributed by atoms with Crippen LogP contribution in [0.25, 0.3) is 11.1 Å². The third-order valence-corrected chi connectivity index (χ3v) is 6.26. The van der Waals surface area contributed by atoms with Crippen molar-refractivity contribution < 1.29 is 24.2 Å². The van der Waals surface area contributed by atoms with Crippen LogP contribution in [-0.2, 0) is 9.53 Å². The number of hydrogen-bond acceptors (Lipinski definition) is 4. The van der Waals surface area contributed by atoms with E-state index in [0.29, 0.717) is 36.2 Å². The van der Waals surface area contributed by atoms with E-state index in [4.69, 9.17) is 9.84 Å². The summed E-state index contributed by atoms with van der Waals surface area (Å²) >= 11 is 0. The fourth-order valence-corrected chi connectivity index (χ4v) is 4.46. The maximum Gasteiger partial charge on any atom is 0.411 e. The van der Waals surface area contributed by atoms with E-state index in [1.165, 1.54) is 0 Å². The molecule has 0 unspecified atom stereocenters. The average molecular weight is 473 g/mol. The zero-order valence-corrected chi connectivity index (χ0v) is 19.5. The zero-order chi connectivity index (χ0) is 24.8. The van der Waals surface area contributed by atoms with Crippen LogP contribution in [0.4, 0.5) is 10.5 Å². The van der Waals surface area contributed by atoms with E-state index < -0.39 is 12.1 Å². The van der Waals surface area contributed by atoms with Crippen LogP contribution in [0.2, 0.25) is 0 Å². The monoisotopic (exact) mass is 472 g/mol. The minimum Gasteiger partial charge on any atom is -0.481 e. The Morgan fingerprint density at radius 3 is 2.20 bits per heavy atom. The number of aliphatic carboxylic acids is 1. The van der Waals surface area contributed by atoms with E-state index in [2.05, 4.69) is 34.9 Å². The second-order valence-electron chi connectivity index (χ2n) is 8.54. The molecule has 0 fully saturated rings. The Morgan fingerprint density at radius 1 is 0.886 bits per heavy atom. The first-order valence-corrected chi connectivity index (χ1v) is 11.7. The summed E-state index contributed by atoms with van der Waals surface area (Å²) in [6, 6.07) is 21.4. The predicted molar refractivity (Wildman–Crippen MR) is 134 cm³/mol. The van der Waals surface area contributed by atoms with Gasteiger partial charge in [0, 0.05) is 30.1 Å². The summed E-state index contributed by atoms with van der Waals surface area (Å²) in [5, 5.41) is 14.3. The SMILES string of the molecule is Cc1c(NC(=O)OCC2c3ccccc3-c3ccccc32)cccc1C(=O)NCCCCC(=O)O. The number of benzene rings is 3. The number of unbranched alkanes of at least 4 members (excludes halogenated alkanes) is 1. The minimum atomic E-state index is -0.848. The maximum atomic E-state index is 12.6. The molecule has 0 aromatic heterocycles. The Labute approximate surface area is 204 Å². The minimum absolute atomic E-state index is 0.0347. The highest BCUT2D eigenvalue weighted by atomic mass is 16.5. The molecule has 0 saturated carbocycles. The highest BCUT2D eigenvalue weighted by Crippen LogP contribution is 2.44. The summed E-state index contributed by atoms with van der Waals surface area (Å²) in [6.45, 7) is 2.35. The molecule has 0 heterocycles. The number of anilines is 1. The number of amides is 2. The summed E-state index contributed by atoms with van der Waals surface area (Å²) in [6.07, 6.45) is 0.572. The van der Waals surface area contributed by atoms with Crippen LogP contribution < -0.4 is 10.6 Å². The zero-order valence-electron chi connectivity index (χ0n) is 19.5. The van der Waals surface area contributed by atoms with Crippen LogP contribution in [0, 0.1) is 6.92 Å². The average Bonchev–Trinajstić information content (AvgIpc) is 3.17. The number of carboxylic acids is 1. The highest BCUT2D eigenvalue weighted by molar-refractivity contribution is 5.98. The molecule has 3 aromatic carbocycles. The van der Waals surface area contributed by atoms with Crippen molar-refractivity contribution in [3.63, 3.8) is 0 Å². The topological polar surface area (TPSA) is 105 Å². The van der Waals surface area contributed by atoms with Crippen LogP contribution in [0.5, 0.6) is 0 Å². The lowest BCUT2D eigenvalue weighted by atomic mass is 9.98. The van der Waals surface area contributed by atoms with Gasteiger partial charge in [-0.1, -0.05) is 54.6 Å². The number of carboxylic acid groups (broad SMARTS) is 1. The smallest absolute Gasteiger partial charge is 0.411 e. The van der Waals surface area contributed by atoms with Gasteiger partial charge >= 0.3 is 12.1 Å². The second-order valence-corrected chi connectivity index (χ2v) is 8.54. The molecule has 0 radical (unpaired) electrons. The quantitative estimate of drug-likeness (QED) is 0.365. The number of rotatable bonds is 9. The van der Waals surface area contributed by atoms with Crippen molar-refractivity contribution in [2.45, 2.75) is 32.1 Å². The van der Waals surface area contributed by atoms with Gasteiger partial charge in [-0.05, 0) is 59.7 Å². The second kappa shape index (κ2) is 10.9. The summed E-state index contributed by atoms with van der Waals surface area (Å²) in [5.74, 6) is -1.15. The third kappa shape index (κ3) is 5.51. The fraction of sp³-hybridized carbons (Fsp3) is 0.250. The van der Waals surface area contributed by atoms with Crippen molar-refractivity contribution in [1.82, 2.24) is 5.32 Å². The molecule has 2 amide bonds. The number of ether oxygens (including phenoxy) is 1. The van der Waals surface area contributed by atoms with Crippen LogP contribution in [-0.4, -0.2) is 36.2 Å². The van der Waals surface area contributed by atoms with Gasteiger partial charge in [-0.2, -0.15) is 0 Å². The van der Waals surface area contributed by atoms with Gasteiger partial charge in [-0.25, -0.2) is 4.79 Å². The molecule has 1 aliphatic carbocycles. The normalized spacial score (nSPS) is 11.9. The molecule has 0 aliphatic heterocycles. The molecule has 0 saturated heterocycles. The van der Waals surface area contributed by atoms with Gasteiger partial charge in [0.1, 0.15) is 6.61 Å². The first kappa shape index (κ1) is 24.0. The lowest BCUT2D eigenvalue weighted by Crippen LogP contribution is -2.26. The van der Waals surface area contributed by atoms with E-state index in [0.717, 1.165) is 22.3 Å². The van der Waals surface area contributed by atoms with Crippen molar-refractivity contribution in [1.29, 1.82) is 0 Å². The molecule has 7 heteroatoms. The summed E-state index contributed by atoms with van der Waals surface area (Å²) in [4.78, 5) is 35.8. The van der Waals surface area contributed by atoms with Crippen LogP contribution in [0.1, 0.15) is 52.2 Å². The van der Waals surface area contributed by atoms with Crippen LogP contribution in [0.15, 0.2) is 66.7 Å². The molecule has 0 spiro atoms. The lowest BCUT2D eigenvalue weighted by molar-refractivity contribution is -0.137. The van der Waals surface area contributed by atoms with Crippen molar-refractivity contribution in [2.75, 3.05) is 18.5 Å². The van der Waals surface area contributed by atoms with Gasteiger partial charge in [-0.3, -0.25) is 14.9 Å². The van der Waals surface area contributed by atoms with Crippen LogP contribution in [0.3, 0.4) is 0 Å². The standard InChI is InChI=1S/C28H28N2O5/c1-18-19(27(33)29-16-7-6-15-26(31)32)13-8-14-25(18)30-28(34)35-17-24-22-11-4-2-9-20(22)21-10-3-5-12-23(21)24/h2-5,8-14,24H,6-7,15-17H2,1H3,(H,29,33)(H,30,34)(H,31,32). The molecule has 1 aliphatic rings. The number of fused-ring (bicyclic) bond motifs is 3. The van der Waals surface area contributed by atoms with Crippen molar-refractivity contribution in [3.05, 3.63) is 89.0 Å².